The van der Waals surface area contributed by atoms with Gasteiger partial charge in [0.05, 0.1) is 5.75 Å². The summed E-state index contributed by atoms with van der Waals surface area (Å²) in [4.78, 5) is 0. The zero-order valence-electron chi connectivity index (χ0n) is 9.65. The molecule has 0 aliphatic carbocycles. The summed E-state index contributed by atoms with van der Waals surface area (Å²) in [5.74, 6) is 0.269. The first-order valence-electron chi connectivity index (χ1n) is 5.50. The molecule has 0 aromatic heterocycles. The monoisotopic (exact) mass is 241 g/mol. The van der Waals surface area contributed by atoms with Crippen molar-refractivity contribution in [3.63, 3.8) is 0 Å². The predicted molar refractivity (Wildman–Crippen MR) is 67.3 cm³/mol. The minimum Gasteiger partial charge on any atom is -0.316 e. The molecule has 0 atom stereocenters. The summed E-state index contributed by atoms with van der Waals surface area (Å²) in [5, 5.41) is 3.24. The van der Waals surface area contributed by atoms with Crippen LogP contribution in [0.15, 0.2) is 30.3 Å². The molecule has 0 heterocycles. The number of nitrogens with one attached hydrogen (secondary N) is 1. The van der Waals surface area contributed by atoms with Gasteiger partial charge in [-0.1, -0.05) is 30.3 Å². The Kier molecular flexibility index (Phi) is 5.49. The Labute approximate surface area is 97.8 Å². The van der Waals surface area contributed by atoms with Crippen LogP contribution in [0.4, 0.5) is 0 Å². The van der Waals surface area contributed by atoms with Crippen molar-refractivity contribution in [2.75, 3.05) is 25.1 Å². The molecule has 0 aliphatic rings. The van der Waals surface area contributed by atoms with E-state index in [0.717, 1.165) is 19.5 Å². The summed E-state index contributed by atoms with van der Waals surface area (Å²) in [6.07, 6.45) is 2.95. The second-order valence-electron chi connectivity index (χ2n) is 3.97. The van der Waals surface area contributed by atoms with Crippen molar-refractivity contribution in [2.45, 2.75) is 12.8 Å². The smallest absolute Gasteiger partial charge is 0.147 e. The van der Waals surface area contributed by atoms with Crippen LogP contribution in [0.1, 0.15) is 12.0 Å². The summed E-state index contributed by atoms with van der Waals surface area (Å²) in [6, 6.07) is 10.2. The highest BCUT2D eigenvalue weighted by Crippen LogP contribution is 1.98. The van der Waals surface area contributed by atoms with Gasteiger partial charge in [0.25, 0.3) is 0 Å². The van der Waals surface area contributed by atoms with Crippen LogP contribution in [0, 0.1) is 0 Å². The standard InChI is InChI=1S/C12H19NO2S/c1-16(14,15)11-5-9-13-10-8-12-6-3-2-4-7-12/h2-4,6-7,13H,5,8-11H2,1H3. The molecular weight excluding hydrogens is 222 g/mol. The van der Waals surface area contributed by atoms with E-state index in [2.05, 4.69) is 17.4 Å². The van der Waals surface area contributed by atoms with Crippen LogP contribution in [0.25, 0.3) is 0 Å². The van der Waals surface area contributed by atoms with Gasteiger partial charge in [-0.25, -0.2) is 8.42 Å². The minimum absolute atomic E-state index is 0.269. The maximum absolute atomic E-state index is 10.9. The third kappa shape index (κ3) is 6.58. The number of hydrogen-bond donors (Lipinski definition) is 1. The average Bonchev–Trinajstić information content (AvgIpc) is 2.23. The highest BCUT2D eigenvalue weighted by atomic mass is 32.2. The zero-order chi connectivity index (χ0) is 11.9. The van der Waals surface area contributed by atoms with Gasteiger partial charge in [0.1, 0.15) is 9.84 Å². The SMILES string of the molecule is CS(=O)(=O)CCCNCCc1ccccc1. The van der Waals surface area contributed by atoms with Gasteiger partial charge in [-0.3, -0.25) is 0 Å². The third-order valence-corrected chi connectivity index (χ3v) is 3.33. The molecule has 0 saturated carbocycles. The van der Waals surface area contributed by atoms with Gasteiger partial charge in [-0.05, 0) is 31.5 Å². The summed E-state index contributed by atoms with van der Waals surface area (Å²) in [7, 11) is -2.80. The Morgan fingerprint density at radius 1 is 1.12 bits per heavy atom. The van der Waals surface area contributed by atoms with E-state index in [1.807, 2.05) is 18.2 Å². The molecule has 0 radical (unpaired) electrons. The van der Waals surface area contributed by atoms with Gasteiger partial charge in [-0.2, -0.15) is 0 Å². The van der Waals surface area contributed by atoms with Crippen LogP contribution in [-0.2, 0) is 16.3 Å². The fourth-order valence-electron chi connectivity index (χ4n) is 1.46. The van der Waals surface area contributed by atoms with E-state index in [4.69, 9.17) is 0 Å². The molecule has 4 heteroatoms. The van der Waals surface area contributed by atoms with E-state index < -0.39 is 9.84 Å². The van der Waals surface area contributed by atoms with Crippen molar-refractivity contribution in [3.8, 4) is 0 Å². The Hall–Kier alpha value is -0.870. The number of sulfone groups is 1. The lowest BCUT2D eigenvalue weighted by Gasteiger charge is -2.04. The van der Waals surface area contributed by atoms with Crippen LogP contribution in [-0.4, -0.2) is 33.5 Å². The van der Waals surface area contributed by atoms with E-state index in [0.29, 0.717) is 6.42 Å². The predicted octanol–water partition coefficient (Wildman–Crippen LogP) is 1.25. The zero-order valence-corrected chi connectivity index (χ0v) is 10.5. The lowest BCUT2D eigenvalue weighted by atomic mass is 10.1. The summed E-state index contributed by atoms with van der Waals surface area (Å²) < 4.78 is 21.7. The van der Waals surface area contributed by atoms with Crippen LogP contribution in [0.3, 0.4) is 0 Å². The van der Waals surface area contributed by atoms with Gasteiger partial charge in [0.15, 0.2) is 0 Å². The molecule has 0 amide bonds. The molecule has 0 bridgehead atoms. The molecule has 0 aliphatic heterocycles. The largest absolute Gasteiger partial charge is 0.316 e. The number of benzene rings is 1. The van der Waals surface area contributed by atoms with E-state index in [9.17, 15) is 8.42 Å². The summed E-state index contributed by atoms with van der Waals surface area (Å²) >= 11 is 0. The van der Waals surface area contributed by atoms with E-state index in [-0.39, 0.29) is 5.75 Å². The van der Waals surface area contributed by atoms with Crippen LogP contribution < -0.4 is 5.32 Å². The molecule has 0 fully saturated rings. The van der Waals surface area contributed by atoms with E-state index in [1.54, 1.807) is 0 Å². The summed E-state index contributed by atoms with van der Waals surface area (Å²) in [6.45, 7) is 1.66. The van der Waals surface area contributed by atoms with Gasteiger partial charge >= 0.3 is 0 Å². The minimum atomic E-state index is -2.80. The third-order valence-electron chi connectivity index (χ3n) is 2.30. The first kappa shape index (κ1) is 13.2. The second-order valence-corrected chi connectivity index (χ2v) is 6.23. The molecule has 1 N–H and O–H groups in total. The normalized spacial score (nSPS) is 11.6. The topological polar surface area (TPSA) is 46.2 Å². The van der Waals surface area contributed by atoms with Gasteiger partial charge in [0, 0.05) is 6.26 Å². The summed E-state index contributed by atoms with van der Waals surface area (Å²) in [5.41, 5.74) is 1.30. The molecule has 1 aromatic rings. The number of hydrogen-bond acceptors (Lipinski definition) is 3. The maximum Gasteiger partial charge on any atom is 0.147 e. The average molecular weight is 241 g/mol. The lowest BCUT2D eigenvalue weighted by molar-refractivity contribution is 0.594. The van der Waals surface area contributed by atoms with Crippen molar-refractivity contribution in [3.05, 3.63) is 35.9 Å². The van der Waals surface area contributed by atoms with Crippen molar-refractivity contribution in [2.24, 2.45) is 0 Å². The van der Waals surface area contributed by atoms with Crippen LogP contribution in [0.2, 0.25) is 0 Å². The molecule has 1 aromatic carbocycles. The van der Waals surface area contributed by atoms with Gasteiger partial charge in [-0.15, -0.1) is 0 Å². The van der Waals surface area contributed by atoms with Crippen LogP contribution >= 0.6 is 0 Å². The maximum atomic E-state index is 10.9. The lowest BCUT2D eigenvalue weighted by Crippen LogP contribution is -2.20. The first-order valence-corrected chi connectivity index (χ1v) is 7.56. The first-order chi connectivity index (χ1) is 7.58. The highest BCUT2D eigenvalue weighted by Gasteiger charge is 2.00. The molecule has 3 nitrogen and oxygen atoms in total. The Morgan fingerprint density at radius 2 is 1.81 bits per heavy atom. The molecule has 16 heavy (non-hydrogen) atoms. The molecule has 0 spiro atoms. The van der Waals surface area contributed by atoms with Crippen LogP contribution in [0.5, 0.6) is 0 Å². The van der Waals surface area contributed by atoms with Crippen molar-refractivity contribution < 1.29 is 8.42 Å². The Morgan fingerprint density at radius 3 is 2.44 bits per heavy atom. The van der Waals surface area contributed by atoms with Crippen molar-refractivity contribution in [1.82, 2.24) is 5.32 Å². The van der Waals surface area contributed by atoms with Gasteiger partial charge in [0.2, 0.25) is 0 Å². The molecule has 90 valence electrons. The van der Waals surface area contributed by atoms with Crippen molar-refractivity contribution in [1.29, 1.82) is 0 Å². The molecular formula is C12H19NO2S. The second kappa shape index (κ2) is 6.66. The highest BCUT2D eigenvalue weighted by molar-refractivity contribution is 7.90. The Balaban J connectivity index is 2.05. The molecule has 0 saturated heterocycles. The van der Waals surface area contributed by atoms with E-state index in [1.165, 1.54) is 11.8 Å². The van der Waals surface area contributed by atoms with E-state index >= 15 is 0 Å². The van der Waals surface area contributed by atoms with Gasteiger partial charge < -0.3 is 5.32 Å². The van der Waals surface area contributed by atoms with Crippen molar-refractivity contribution >= 4 is 9.84 Å². The number of rotatable bonds is 7. The molecule has 1 rings (SSSR count). The fourth-order valence-corrected chi connectivity index (χ4v) is 2.13. The molecule has 0 unspecified atom stereocenters. The fraction of sp³-hybridized carbons (Fsp3) is 0.500. The quantitative estimate of drug-likeness (QED) is 0.731. The Bertz CT molecular complexity index is 387.